The molecule has 8 nitrogen and oxygen atoms in total. The molecule has 0 aliphatic heterocycles. The topological polar surface area (TPSA) is 112 Å². The second-order valence-electron chi connectivity index (χ2n) is 6.47. The van der Waals surface area contributed by atoms with Gasteiger partial charge in [-0.25, -0.2) is 25.6 Å². The van der Waals surface area contributed by atoms with Crippen molar-refractivity contribution in [3.05, 3.63) is 77.1 Å². The van der Waals surface area contributed by atoms with Crippen molar-refractivity contribution in [1.29, 1.82) is 0 Å². The van der Waals surface area contributed by atoms with Gasteiger partial charge in [0, 0.05) is 11.2 Å². The monoisotopic (exact) mass is 482 g/mol. The molecule has 1 heterocycles. The fraction of sp³-hybridized carbons (Fsp3) is 0.150. The van der Waals surface area contributed by atoms with Gasteiger partial charge in [-0.15, -0.1) is 0 Å². The van der Waals surface area contributed by atoms with Crippen molar-refractivity contribution in [2.75, 3.05) is 11.3 Å². The number of hydrogen-bond acceptors (Lipinski definition) is 6. The van der Waals surface area contributed by atoms with E-state index in [4.69, 9.17) is 16.3 Å². The normalized spacial score (nSPS) is 11.8. The first-order valence-corrected chi connectivity index (χ1v) is 12.4. The number of benzene rings is 2. The van der Waals surface area contributed by atoms with Gasteiger partial charge in [0.15, 0.2) is 0 Å². The van der Waals surface area contributed by atoms with Crippen LogP contribution in [-0.4, -0.2) is 33.4 Å². The second-order valence-corrected chi connectivity index (χ2v) is 10.4. The van der Waals surface area contributed by atoms with E-state index in [1.54, 1.807) is 19.1 Å². The van der Waals surface area contributed by atoms with Crippen molar-refractivity contribution in [1.82, 2.24) is 3.97 Å². The van der Waals surface area contributed by atoms with Gasteiger partial charge in [0.05, 0.1) is 17.2 Å². The van der Waals surface area contributed by atoms with E-state index in [1.807, 2.05) is 6.92 Å². The van der Waals surface area contributed by atoms with E-state index in [1.165, 1.54) is 42.6 Å². The Balaban J connectivity index is 2.09. The van der Waals surface area contributed by atoms with Crippen molar-refractivity contribution in [2.24, 2.45) is 0 Å². The summed E-state index contributed by atoms with van der Waals surface area (Å²) in [6.45, 7) is 3.46. The van der Waals surface area contributed by atoms with Gasteiger partial charge in [-0.3, -0.25) is 4.72 Å². The highest BCUT2D eigenvalue weighted by Crippen LogP contribution is 2.30. The van der Waals surface area contributed by atoms with Crippen molar-refractivity contribution >= 4 is 43.3 Å². The molecule has 0 fully saturated rings. The number of ether oxygens (including phenoxy) is 1. The number of nitrogens with one attached hydrogen (secondary N) is 1. The molecule has 0 atom stereocenters. The molecule has 0 unspecified atom stereocenters. The van der Waals surface area contributed by atoms with Crippen LogP contribution >= 0.6 is 11.6 Å². The zero-order valence-corrected chi connectivity index (χ0v) is 19.0. The highest BCUT2D eigenvalue weighted by Gasteiger charge is 2.28. The van der Waals surface area contributed by atoms with Gasteiger partial charge < -0.3 is 4.74 Å². The van der Waals surface area contributed by atoms with E-state index in [0.29, 0.717) is 0 Å². The number of nitrogens with zero attached hydrogens (tertiary/aromatic N) is 1. The molecule has 1 aromatic heterocycles. The van der Waals surface area contributed by atoms with E-state index >= 15 is 0 Å². The molecule has 164 valence electrons. The van der Waals surface area contributed by atoms with Crippen molar-refractivity contribution < 1.29 is 26.4 Å². The Morgan fingerprint density at radius 2 is 1.74 bits per heavy atom. The average molecular weight is 483 g/mol. The minimum absolute atomic E-state index is 0.0374. The summed E-state index contributed by atoms with van der Waals surface area (Å²) in [6, 6.07) is 12.4. The van der Waals surface area contributed by atoms with Gasteiger partial charge in [0.2, 0.25) is 0 Å². The number of rotatable bonds is 7. The lowest BCUT2D eigenvalue weighted by molar-refractivity contribution is 0.0518. The van der Waals surface area contributed by atoms with Gasteiger partial charge in [0.1, 0.15) is 10.6 Å². The molecule has 0 amide bonds. The van der Waals surface area contributed by atoms with E-state index in [9.17, 15) is 21.6 Å². The van der Waals surface area contributed by atoms with Gasteiger partial charge in [-0.1, -0.05) is 29.3 Å². The number of carbonyl (C=O) groups excluding carboxylic acids is 1. The first-order chi connectivity index (χ1) is 14.6. The van der Waals surface area contributed by atoms with E-state index in [-0.39, 0.29) is 27.9 Å². The molecule has 0 spiro atoms. The van der Waals surface area contributed by atoms with Crippen LogP contribution in [0.5, 0.6) is 0 Å². The molecular weight excluding hydrogens is 464 g/mol. The lowest BCUT2D eigenvalue weighted by Crippen LogP contribution is -2.21. The van der Waals surface area contributed by atoms with Crippen LogP contribution in [0.1, 0.15) is 23.0 Å². The van der Waals surface area contributed by atoms with Crippen LogP contribution in [0.4, 0.5) is 5.69 Å². The van der Waals surface area contributed by atoms with E-state index in [2.05, 4.69) is 4.72 Å². The molecule has 0 saturated carbocycles. The first-order valence-electron chi connectivity index (χ1n) is 9.05. The van der Waals surface area contributed by atoms with Crippen LogP contribution in [0.15, 0.2) is 70.6 Å². The number of anilines is 1. The average Bonchev–Trinajstić information content (AvgIpc) is 3.21. The smallest absolute Gasteiger partial charge is 0.355 e. The minimum Gasteiger partial charge on any atom is -0.461 e. The predicted octanol–water partition coefficient (Wildman–Crippen LogP) is 3.66. The molecule has 1 N–H and O–H groups in total. The summed E-state index contributed by atoms with van der Waals surface area (Å²) in [5, 5.41) is 0.0710. The maximum Gasteiger partial charge on any atom is 0.355 e. The summed E-state index contributed by atoms with van der Waals surface area (Å²) in [6.07, 6.45) is 1.17. The third kappa shape index (κ3) is 4.76. The minimum atomic E-state index is -4.40. The fourth-order valence-corrected chi connectivity index (χ4v) is 5.65. The van der Waals surface area contributed by atoms with Gasteiger partial charge in [-0.2, -0.15) is 0 Å². The molecule has 11 heteroatoms. The molecule has 3 aromatic rings. The number of carbonyl (C=O) groups is 1. The summed E-state index contributed by atoms with van der Waals surface area (Å²) in [5.41, 5.74) is 0.426. The molecule has 0 bridgehead atoms. The van der Waals surface area contributed by atoms with Crippen molar-refractivity contribution in [3.63, 3.8) is 0 Å². The Morgan fingerprint density at radius 3 is 2.39 bits per heavy atom. The number of hydrogen-bond donors (Lipinski definition) is 1. The third-order valence-electron chi connectivity index (χ3n) is 4.25. The van der Waals surface area contributed by atoms with Crippen LogP contribution in [0.25, 0.3) is 0 Å². The summed E-state index contributed by atoms with van der Waals surface area (Å²) < 4.78 is 60.2. The molecule has 3 rings (SSSR count). The van der Waals surface area contributed by atoms with Gasteiger partial charge >= 0.3 is 5.97 Å². The molecule has 31 heavy (non-hydrogen) atoms. The number of sulfonamides is 1. The predicted molar refractivity (Wildman–Crippen MR) is 116 cm³/mol. The Kier molecular flexibility index (Phi) is 6.44. The SMILES string of the molecule is CCOC(=O)c1cccn1S(=O)(=O)c1cc(Cl)ccc1NS(=O)(=O)c1ccc(C)cc1. The summed E-state index contributed by atoms with van der Waals surface area (Å²) in [7, 11) is -8.49. The maximum absolute atomic E-state index is 13.3. The Morgan fingerprint density at radius 1 is 1.06 bits per heavy atom. The van der Waals surface area contributed by atoms with Gasteiger partial charge in [0.25, 0.3) is 20.0 Å². The van der Waals surface area contributed by atoms with Crippen LogP contribution < -0.4 is 4.72 Å². The zero-order valence-electron chi connectivity index (χ0n) is 16.6. The molecule has 0 aliphatic rings. The summed E-state index contributed by atoms with van der Waals surface area (Å²) in [4.78, 5) is 11.7. The number of halogens is 1. The van der Waals surface area contributed by atoms with Crippen LogP contribution in [-0.2, 0) is 24.8 Å². The lowest BCUT2D eigenvalue weighted by atomic mass is 10.2. The molecule has 0 saturated heterocycles. The first kappa shape index (κ1) is 22.9. The molecule has 0 aliphatic carbocycles. The van der Waals surface area contributed by atoms with Crippen LogP contribution in [0.2, 0.25) is 5.02 Å². The number of esters is 1. The van der Waals surface area contributed by atoms with Crippen LogP contribution in [0.3, 0.4) is 0 Å². The van der Waals surface area contributed by atoms with Gasteiger partial charge in [-0.05, 0) is 56.3 Å². The summed E-state index contributed by atoms with van der Waals surface area (Å²) >= 11 is 6.00. The summed E-state index contributed by atoms with van der Waals surface area (Å²) in [5.74, 6) is -0.833. The fourth-order valence-electron chi connectivity index (χ4n) is 2.76. The van der Waals surface area contributed by atoms with Crippen molar-refractivity contribution in [3.8, 4) is 0 Å². The van der Waals surface area contributed by atoms with Crippen LogP contribution in [0, 0.1) is 6.92 Å². The Bertz CT molecular complexity index is 1330. The number of aryl methyl sites for hydroxylation is 1. The van der Waals surface area contributed by atoms with Crippen molar-refractivity contribution in [2.45, 2.75) is 23.6 Å². The molecule has 0 radical (unpaired) electrons. The van der Waals surface area contributed by atoms with E-state index in [0.717, 1.165) is 15.6 Å². The Labute approximate surface area is 185 Å². The standard InChI is InChI=1S/C20H19ClN2O6S2/c1-3-29-20(24)18-5-4-12-23(18)31(27,28)19-13-15(21)8-11-17(19)22-30(25,26)16-9-6-14(2)7-10-16/h4-13,22H,3H2,1-2H3. The molecule has 2 aromatic carbocycles. The highest BCUT2D eigenvalue weighted by molar-refractivity contribution is 7.93. The molecular formula is C20H19ClN2O6S2. The Hall–Kier alpha value is -2.82. The largest absolute Gasteiger partial charge is 0.461 e. The highest BCUT2D eigenvalue weighted by atomic mass is 35.5. The van der Waals surface area contributed by atoms with E-state index < -0.39 is 30.9 Å². The quantitative estimate of drug-likeness (QED) is 0.514. The second kappa shape index (κ2) is 8.74. The number of aromatic nitrogens is 1. The third-order valence-corrected chi connectivity index (χ3v) is 7.60. The lowest BCUT2D eigenvalue weighted by Gasteiger charge is -2.15. The maximum atomic E-state index is 13.3. The zero-order chi connectivity index (χ0) is 22.8.